The van der Waals surface area contributed by atoms with E-state index in [1.54, 1.807) is 12.3 Å². The number of sulfonamides is 1. The molecule has 2 aromatic rings. The van der Waals surface area contributed by atoms with Crippen LogP contribution in [0, 0.1) is 5.82 Å². The van der Waals surface area contributed by atoms with E-state index in [0.29, 0.717) is 37.9 Å². The summed E-state index contributed by atoms with van der Waals surface area (Å²) < 4.78 is 41.9. The van der Waals surface area contributed by atoms with E-state index in [2.05, 4.69) is 15.3 Å². The molecule has 164 valence electrons. The van der Waals surface area contributed by atoms with Crippen LogP contribution in [0.1, 0.15) is 46.1 Å². The number of nitrogens with zero attached hydrogens (tertiary/aromatic N) is 4. The monoisotopic (exact) mass is 437 g/mol. The highest BCUT2D eigenvalue weighted by atomic mass is 32.2. The number of hydrogen-bond acceptors (Lipinski definition) is 6. The minimum Gasteiger partial charge on any atom is -0.351 e. The third-order valence-electron chi connectivity index (χ3n) is 5.15. The van der Waals surface area contributed by atoms with Gasteiger partial charge in [0.2, 0.25) is 16.0 Å². The van der Waals surface area contributed by atoms with Crippen LogP contribution in [0.15, 0.2) is 29.3 Å². The minimum absolute atomic E-state index is 0.000931. The van der Waals surface area contributed by atoms with E-state index < -0.39 is 15.8 Å². The van der Waals surface area contributed by atoms with Crippen LogP contribution in [0.3, 0.4) is 0 Å². The fraction of sp³-hybridized carbons (Fsp3) is 0.550. The summed E-state index contributed by atoms with van der Waals surface area (Å²) >= 11 is 0. The molecule has 1 aliphatic heterocycles. The van der Waals surface area contributed by atoms with Gasteiger partial charge in [0.25, 0.3) is 5.56 Å². The third kappa shape index (κ3) is 5.04. The number of rotatable bonds is 7. The largest absolute Gasteiger partial charge is 0.351 e. The lowest BCUT2D eigenvalue weighted by Gasteiger charge is -2.31. The van der Waals surface area contributed by atoms with Gasteiger partial charge in [0.1, 0.15) is 5.69 Å². The van der Waals surface area contributed by atoms with Crippen LogP contribution < -0.4 is 10.9 Å². The van der Waals surface area contributed by atoms with Crippen molar-refractivity contribution in [3.63, 3.8) is 0 Å². The highest BCUT2D eigenvalue weighted by Crippen LogP contribution is 2.23. The van der Waals surface area contributed by atoms with Gasteiger partial charge in [-0.1, -0.05) is 6.92 Å². The molecule has 0 aliphatic carbocycles. The first kappa shape index (κ1) is 22.4. The number of halogens is 1. The second-order valence-corrected chi connectivity index (χ2v) is 9.87. The molecule has 1 saturated heterocycles. The molecular weight excluding hydrogens is 409 g/mol. The SMILES string of the molecule is CCCS(=O)(=O)N1CCC(Nc2ncc(F)c(-c3ccc(=O)n(C(C)C)c3)n2)CC1. The van der Waals surface area contributed by atoms with Gasteiger partial charge in [-0.05, 0) is 39.2 Å². The normalized spacial score (nSPS) is 16.2. The van der Waals surface area contributed by atoms with E-state index in [4.69, 9.17) is 0 Å². The number of pyridine rings is 1. The van der Waals surface area contributed by atoms with Crippen LogP contribution in [0.25, 0.3) is 11.3 Å². The predicted octanol–water partition coefficient (Wildman–Crippen LogP) is 2.64. The van der Waals surface area contributed by atoms with Gasteiger partial charge in [-0.25, -0.2) is 27.1 Å². The molecule has 1 fully saturated rings. The summed E-state index contributed by atoms with van der Waals surface area (Å²) in [5.41, 5.74) is 0.447. The molecule has 0 radical (unpaired) electrons. The van der Waals surface area contributed by atoms with Crippen molar-refractivity contribution in [3.05, 3.63) is 40.7 Å². The Morgan fingerprint density at radius 1 is 1.27 bits per heavy atom. The van der Waals surface area contributed by atoms with E-state index in [1.165, 1.54) is 14.9 Å². The second kappa shape index (κ2) is 9.22. The maximum absolute atomic E-state index is 14.4. The van der Waals surface area contributed by atoms with Crippen molar-refractivity contribution in [3.8, 4) is 11.3 Å². The number of piperidine rings is 1. The molecule has 1 aliphatic rings. The first-order valence-corrected chi connectivity index (χ1v) is 11.8. The summed E-state index contributed by atoms with van der Waals surface area (Å²) in [5.74, 6) is -0.132. The van der Waals surface area contributed by atoms with Crippen LogP contribution in [0.5, 0.6) is 0 Å². The van der Waals surface area contributed by atoms with Crippen molar-refractivity contribution in [1.29, 1.82) is 0 Å². The summed E-state index contributed by atoms with van der Waals surface area (Å²) in [5, 5.41) is 3.19. The van der Waals surface area contributed by atoms with Crippen LogP contribution >= 0.6 is 0 Å². The number of anilines is 1. The Labute approximate surface area is 176 Å². The summed E-state index contributed by atoms with van der Waals surface area (Å²) in [6.45, 7) is 6.48. The zero-order valence-electron chi connectivity index (χ0n) is 17.5. The summed E-state index contributed by atoms with van der Waals surface area (Å²) in [7, 11) is -3.20. The molecule has 1 N–H and O–H groups in total. The van der Waals surface area contributed by atoms with Crippen molar-refractivity contribution in [2.75, 3.05) is 24.2 Å². The highest BCUT2D eigenvalue weighted by molar-refractivity contribution is 7.89. The fourth-order valence-electron chi connectivity index (χ4n) is 3.53. The molecule has 8 nitrogen and oxygen atoms in total. The Morgan fingerprint density at radius 3 is 2.60 bits per heavy atom. The van der Waals surface area contributed by atoms with Crippen molar-refractivity contribution >= 4 is 16.0 Å². The Kier molecular flexibility index (Phi) is 6.87. The maximum atomic E-state index is 14.4. The average Bonchev–Trinajstić information content (AvgIpc) is 2.70. The first-order valence-electron chi connectivity index (χ1n) is 10.2. The van der Waals surface area contributed by atoms with Crippen LogP contribution in [0.2, 0.25) is 0 Å². The Morgan fingerprint density at radius 2 is 1.97 bits per heavy atom. The lowest BCUT2D eigenvalue weighted by Crippen LogP contribution is -2.43. The van der Waals surface area contributed by atoms with Gasteiger partial charge in [-0.2, -0.15) is 0 Å². The standard InChI is InChI=1S/C20H28FN5O3S/c1-4-11-30(28,29)25-9-7-16(8-10-25)23-20-22-12-17(21)19(24-20)15-5-6-18(27)26(13-15)14(2)3/h5-6,12-14,16H,4,7-11H2,1-3H3,(H,22,23,24). The molecule has 3 rings (SSSR count). The molecule has 0 unspecified atom stereocenters. The number of nitrogens with one attached hydrogen (secondary N) is 1. The van der Waals surface area contributed by atoms with E-state index in [1.807, 2.05) is 20.8 Å². The third-order valence-corrected chi connectivity index (χ3v) is 7.23. The van der Waals surface area contributed by atoms with E-state index in [9.17, 15) is 17.6 Å². The minimum atomic E-state index is -3.20. The zero-order valence-corrected chi connectivity index (χ0v) is 18.3. The lowest BCUT2D eigenvalue weighted by atomic mass is 10.1. The van der Waals surface area contributed by atoms with Gasteiger partial charge in [0, 0.05) is 43.0 Å². The van der Waals surface area contributed by atoms with Gasteiger partial charge in [0.05, 0.1) is 11.9 Å². The van der Waals surface area contributed by atoms with Gasteiger partial charge >= 0.3 is 0 Å². The van der Waals surface area contributed by atoms with Crippen LogP contribution in [-0.4, -0.2) is 52.1 Å². The van der Waals surface area contributed by atoms with E-state index >= 15 is 0 Å². The number of aromatic nitrogens is 3. The molecule has 0 saturated carbocycles. The second-order valence-electron chi connectivity index (χ2n) is 7.78. The molecule has 3 heterocycles. The molecular formula is C20H28FN5O3S. The van der Waals surface area contributed by atoms with Gasteiger partial charge < -0.3 is 9.88 Å². The zero-order chi connectivity index (χ0) is 21.9. The molecule has 30 heavy (non-hydrogen) atoms. The average molecular weight is 438 g/mol. The van der Waals surface area contributed by atoms with E-state index in [0.717, 1.165) is 6.20 Å². The fourth-order valence-corrected chi connectivity index (χ4v) is 5.08. The van der Waals surface area contributed by atoms with Gasteiger partial charge in [0.15, 0.2) is 5.82 Å². The van der Waals surface area contributed by atoms with Crippen molar-refractivity contribution in [1.82, 2.24) is 18.8 Å². The quantitative estimate of drug-likeness (QED) is 0.715. The summed E-state index contributed by atoms with van der Waals surface area (Å²) in [6.07, 6.45) is 4.54. The maximum Gasteiger partial charge on any atom is 0.250 e. The van der Waals surface area contributed by atoms with Gasteiger partial charge in [-0.3, -0.25) is 4.79 Å². The van der Waals surface area contributed by atoms with Crippen LogP contribution in [-0.2, 0) is 10.0 Å². The van der Waals surface area contributed by atoms with Crippen molar-refractivity contribution < 1.29 is 12.8 Å². The lowest BCUT2D eigenvalue weighted by molar-refractivity contribution is 0.329. The first-order chi connectivity index (χ1) is 14.2. The molecule has 0 amide bonds. The Hall–Kier alpha value is -2.33. The Balaban J connectivity index is 1.74. The topological polar surface area (TPSA) is 97.2 Å². The van der Waals surface area contributed by atoms with Gasteiger partial charge in [-0.15, -0.1) is 0 Å². The summed E-state index contributed by atoms with van der Waals surface area (Å²) in [6, 6.07) is 2.89. The Bertz CT molecular complexity index is 1050. The van der Waals surface area contributed by atoms with Crippen LogP contribution in [0.4, 0.5) is 10.3 Å². The predicted molar refractivity (Wildman–Crippen MR) is 114 cm³/mol. The smallest absolute Gasteiger partial charge is 0.250 e. The summed E-state index contributed by atoms with van der Waals surface area (Å²) in [4.78, 5) is 20.3. The van der Waals surface area contributed by atoms with Crippen molar-refractivity contribution in [2.24, 2.45) is 0 Å². The van der Waals surface area contributed by atoms with E-state index in [-0.39, 0.29) is 35.0 Å². The number of hydrogen-bond donors (Lipinski definition) is 1. The molecule has 0 aromatic carbocycles. The molecule has 0 spiro atoms. The highest BCUT2D eigenvalue weighted by Gasteiger charge is 2.27. The molecule has 2 aromatic heterocycles. The van der Waals surface area contributed by atoms with Crippen molar-refractivity contribution in [2.45, 2.75) is 52.1 Å². The molecule has 0 atom stereocenters. The molecule has 10 heteroatoms. The molecule has 0 bridgehead atoms.